The van der Waals surface area contributed by atoms with Gasteiger partial charge in [-0.3, -0.25) is 4.21 Å². The monoisotopic (exact) mass is 195 g/mol. The van der Waals surface area contributed by atoms with E-state index >= 15 is 0 Å². The Morgan fingerprint density at radius 3 is 3.15 bits per heavy atom. The molecule has 2 rings (SSSR count). The Balaban J connectivity index is 2.54. The van der Waals surface area contributed by atoms with Gasteiger partial charge in [0.05, 0.1) is 0 Å². The molecule has 1 atom stereocenters. The number of aromatic amines is 1. The standard InChI is InChI=1S/C8H8N2O2S/c11-13(12)5-6-1-3-9-8-7(6)2-4-10-8/h1-4H,5H2,(H,9,10)(H,11,12)/p-1. The molecule has 68 valence electrons. The van der Waals surface area contributed by atoms with Crippen LogP contribution in [0.4, 0.5) is 0 Å². The van der Waals surface area contributed by atoms with Crippen LogP contribution in [0.15, 0.2) is 24.5 Å². The average molecular weight is 195 g/mol. The predicted molar refractivity (Wildman–Crippen MR) is 48.7 cm³/mol. The summed E-state index contributed by atoms with van der Waals surface area (Å²) in [4.78, 5) is 6.97. The number of aromatic nitrogens is 2. The second kappa shape index (κ2) is 3.27. The molecular formula is C8H7N2O2S-. The van der Waals surface area contributed by atoms with Crippen LogP contribution in [-0.2, 0) is 16.8 Å². The number of H-pyrrole nitrogens is 1. The van der Waals surface area contributed by atoms with Crippen LogP contribution in [0.25, 0.3) is 11.0 Å². The summed E-state index contributed by atoms with van der Waals surface area (Å²) in [6.07, 6.45) is 3.34. The van der Waals surface area contributed by atoms with Gasteiger partial charge in [-0.1, -0.05) is 11.1 Å². The molecule has 1 N–H and O–H groups in total. The summed E-state index contributed by atoms with van der Waals surface area (Å²) in [5.74, 6) is 0.0386. The minimum Gasteiger partial charge on any atom is -0.772 e. The third-order valence-electron chi connectivity index (χ3n) is 1.82. The van der Waals surface area contributed by atoms with Crippen LogP contribution in [0.1, 0.15) is 5.56 Å². The van der Waals surface area contributed by atoms with Gasteiger partial charge in [-0.2, -0.15) is 0 Å². The maximum atomic E-state index is 10.5. The lowest BCUT2D eigenvalue weighted by Gasteiger charge is -2.05. The van der Waals surface area contributed by atoms with Gasteiger partial charge in [0.2, 0.25) is 0 Å². The number of nitrogens with one attached hydrogen (secondary N) is 1. The minimum atomic E-state index is -2.05. The molecule has 0 saturated carbocycles. The highest BCUT2D eigenvalue weighted by atomic mass is 32.2. The fourth-order valence-corrected chi connectivity index (χ4v) is 1.78. The molecule has 2 aromatic rings. The molecule has 0 spiro atoms. The first-order valence-corrected chi connectivity index (χ1v) is 4.98. The average Bonchev–Trinajstić information content (AvgIpc) is 2.51. The van der Waals surface area contributed by atoms with Crippen molar-refractivity contribution in [1.82, 2.24) is 9.97 Å². The van der Waals surface area contributed by atoms with Crippen molar-refractivity contribution >= 4 is 22.1 Å². The van der Waals surface area contributed by atoms with E-state index in [1.807, 2.05) is 6.07 Å². The molecule has 4 nitrogen and oxygen atoms in total. The summed E-state index contributed by atoms with van der Waals surface area (Å²) in [6.45, 7) is 0. The Bertz CT molecular complexity index is 452. The molecule has 13 heavy (non-hydrogen) atoms. The Hall–Kier alpha value is -1.20. The molecule has 0 aliphatic rings. The second-order valence-corrected chi connectivity index (χ2v) is 3.55. The summed E-state index contributed by atoms with van der Waals surface area (Å²) in [6, 6.07) is 3.54. The molecule has 0 aliphatic carbocycles. The molecule has 0 aromatic carbocycles. The predicted octanol–water partition coefficient (Wildman–Crippen LogP) is 0.942. The van der Waals surface area contributed by atoms with Gasteiger partial charge >= 0.3 is 0 Å². The van der Waals surface area contributed by atoms with E-state index < -0.39 is 11.1 Å². The zero-order valence-electron chi connectivity index (χ0n) is 6.69. The van der Waals surface area contributed by atoms with Gasteiger partial charge in [-0.05, 0) is 17.7 Å². The van der Waals surface area contributed by atoms with Crippen molar-refractivity contribution in [2.75, 3.05) is 0 Å². The maximum absolute atomic E-state index is 10.5. The number of nitrogens with zero attached hydrogens (tertiary/aromatic N) is 1. The first-order valence-electron chi connectivity index (χ1n) is 3.74. The van der Waals surface area contributed by atoms with Gasteiger partial charge in [0.1, 0.15) is 5.65 Å². The lowest BCUT2D eigenvalue weighted by atomic mass is 10.2. The van der Waals surface area contributed by atoms with E-state index in [0.29, 0.717) is 0 Å². The molecule has 0 fully saturated rings. The Labute approximate surface area is 77.3 Å². The number of hydrogen-bond acceptors (Lipinski definition) is 3. The van der Waals surface area contributed by atoms with Crippen LogP contribution in [0, 0.1) is 0 Å². The van der Waals surface area contributed by atoms with Crippen molar-refractivity contribution in [3.05, 3.63) is 30.1 Å². The summed E-state index contributed by atoms with van der Waals surface area (Å²) in [5.41, 5.74) is 1.50. The highest BCUT2D eigenvalue weighted by Crippen LogP contribution is 2.15. The number of pyridine rings is 1. The van der Waals surface area contributed by atoms with E-state index in [-0.39, 0.29) is 5.75 Å². The van der Waals surface area contributed by atoms with Crippen LogP contribution < -0.4 is 0 Å². The zero-order chi connectivity index (χ0) is 9.26. The molecule has 0 bridgehead atoms. The third kappa shape index (κ3) is 1.61. The number of hydrogen-bond donors (Lipinski definition) is 1. The number of fused-ring (bicyclic) bond motifs is 1. The van der Waals surface area contributed by atoms with Gasteiger partial charge < -0.3 is 9.54 Å². The van der Waals surface area contributed by atoms with E-state index in [4.69, 9.17) is 0 Å². The molecule has 5 heteroatoms. The van der Waals surface area contributed by atoms with Crippen molar-refractivity contribution in [3.8, 4) is 0 Å². The van der Waals surface area contributed by atoms with Crippen molar-refractivity contribution in [1.29, 1.82) is 0 Å². The van der Waals surface area contributed by atoms with Gasteiger partial charge in [-0.15, -0.1) is 0 Å². The second-order valence-electron chi connectivity index (χ2n) is 2.66. The quantitative estimate of drug-likeness (QED) is 0.725. The lowest BCUT2D eigenvalue weighted by molar-refractivity contribution is 0.536. The molecule has 0 aliphatic heterocycles. The highest BCUT2D eigenvalue weighted by Gasteiger charge is 2.01. The first kappa shape index (κ1) is 8.40. The Morgan fingerprint density at radius 2 is 2.38 bits per heavy atom. The van der Waals surface area contributed by atoms with Crippen molar-refractivity contribution < 1.29 is 8.76 Å². The summed E-state index contributed by atoms with van der Waals surface area (Å²) >= 11 is -2.05. The normalized spacial score (nSPS) is 13.3. The Kier molecular flexibility index (Phi) is 2.12. The van der Waals surface area contributed by atoms with Crippen LogP contribution in [0.5, 0.6) is 0 Å². The van der Waals surface area contributed by atoms with Crippen molar-refractivity contribution in [3.63, 3.8) is 0 Å². The van der Waals surface area contributed by atoms with Crippen LogP contribution in [0.2, 0.25) is 0 Å². The lowest BCUT2D eigenvalue weighted by Crippen LogP contribution is -1.94. The molecule has 1 unspecified atom stereocenters. The highest BCUT2D eigenvalue weighted by molar-refractivity contribution is 7.78. The molecule has 0 saturated heterocycles. The minimum absolute atomic E-state index is 0.0386. The van der Waals surface area contributed by atoms with Crippen LogP contribution in [0.3, 0.4) is 0 Å². The zero-order valence-corrected chi connectivity index (χ0v) is 7.50. The van der Waals surface area contributed by atoms with E-state index in [1.54, 1.807) is 18.5 Å². The summed E-state index contributed by atoms with van der Waals surface area (Å²) in [5, 5.41) is 0.867. The van der Waals surface area contributed by atoms with Crippen molar-refractivity contribution in [2.45, 2.75) is 5.75 Å². The number of rotatable bonds is 2. The maximum Gasteiger partial charge on any atom is 0.137 e. The molecular weight excluding hydrogens is 188 g/mol. The van der Waals surface area contributed by atoms with Crippen LogP contribution in [-0.4, -0.2) is 18.7 Å². The molecule has 0 amide bonds. The topological polar surface area (TPSA) is 68.8 Å². The van der Waals surface area contributed by atoms with Crippen LogP contribution >= 0.6 is 0 Å². The van der Waals surface area contributed by atoms with Gasteiger partial charge in [0.15, 0.2) is 0 Å². The van der Waals surface area contributed by atoms with E-state index in [1.165, 1.54) is 0 Å². The van der Waals surface area contributed by atoms with E-state index in [0.717, 1.165) is 16.6 Å². The fourth-order valence-electron chi connectivity index (χ4n) is 1.27. The SMILES string of the molecule is O=S([O-])Cc1ccnc2[nH]ccc12. The Morgan fingerprint density at radius 1 is 1.54 bits per heavy atom. The molecule has 0 radical (unpaired) electrons. The van der Waals surface area contributed by atoms with E-state index in [9.17, 15) is 8.76 Å². The van der Waals surface area contributed by atoms with Gasteiger partial charge in [0, 0.05) is 23.5 Å². The fraction of sp³-hybridized carbons (Fsp3) is 0.125. The largest absolute Gasteiger partial charge is 0.772 e. The summed E-state index contributed by atoms with van der Waals surface area (Å²) in [7, 11) is 0. The first-order chi connectivity index (χ1) is 6.27. The van der Waals surface area contributed by atoms with Gasteiger partial charge in [0.25, 0.3) is 0 Å². The smallest absolute Gasteiger partial charge is 0.137 e. The summed E-state index contributed by atoms with van der Waals surface area (Å²) < 4.78 is 21.0. The van der Waals surface area contributed by atoms with Gasteiger partial charge in [-0.25, -0.2) is 4.98 Å². The third-order valence-corrected chi connectivity index (χ3v) is 2.37. The molecule has 2 heterocycles. The van der Waals surface area contributed by atoms with E-state index in [2.05, 4.69) is 9.97 Å². The molecule has 2 aromatic heterocycles. The van der Waals surface area contributed by atoms with Crippen molar-refractivity contribution in [2.24, 2.45) is 0 Å².